The van der Waals surface area contributed by atoms with E-state index in [1.54, 1.807) is 0 Å². The van der Waals surface area contributed by atoms with Crippen LogP contribution in [0.1, 0.15) is 40.2 Å². The van der Waals surface area contributed by atoms with Gasteiger partial charge in [-0.15, -0.1) is 0 Å². The van der Waals surface area contributed by atoms with Crippen molar-refractivity contribution in [2.24, 2.45) is 0 Å². The maximum absolute atomic E-state index is 6.36. The van der Waals surface area contributed by atoms with Gasteiger partial charge in [-0.2, -0.15) is 0 Å². The van der Waals surface area contributed by atoms with Crippen LogP contribution in [-0.2, 0) is 5.54 Å². The Morgan fingerprint density at radius 3 is 2.11 bits per heavy atom. The third-order valence-electron chi connectivity index (χ3n) is 7.27. The Hall–Kier alpha value is -3.44. The van der Waals surface area contributed by atoms with E-state index < -0.39 is 0 Å². The Bertz CT molecular complexity index is 1240. The second kappa shape index (κ2) is 8.65. The van der Waals surface area contributed by atoms with Crippen LogP contribution >= 0.6 is 0 Å². The number of rotatable bonds is 4. The van der Waals surface area contributed by atoms with E-state index >= 15 is 0 Å². The monoisotopic (exact) mass is 468 g/mol. The zero-order chi connectivity index (χ0) is 24.8. The molecule has 3 aromatic rings. The van der Waals surface area contributed by atoms with Crippen LogP contribution in [0.15, 0.2) is 85.2 Å². The maximum atomic E-state index is 6.36. The van der Waals surface area contributed by atoms with Gasteiger partial charge < -0.3 is 19.4 Å². The van der Waals surface area contributed by atoms with Crippen LogP contribution in [0.4, 0.5) is 17.1 Å². The van der Waals surface area contributed by atoms with E-state index in [0.29, 0.717) is 0 Å². The van der Waals surface area contributed by atoms with Gasteiger partial charge in [-0.25, -0.2) is 0 Å². The molecule has 0 bridgehead atoms. The van der Waals surface area contributed by atoms with E-state index in [-0.39, 0.29) is 11.1 Å². The predicted octanol–water partition coefficient (Wildman–Crippen LogP) is 7.10. The van der Waals surface area contributed by atoms with Crippen LogP contribution in [0, 0.1) is 0 Å². The molecule has 2 aliphatic heterocycles. The second-order valence-electron chi connectivity index (χ2n) is 11.0. The maximum Gasteiger partial charge on any atom is 0.129 e. The Labute approximate surface area is 209 Å². The molecular formula is C30H36N4O. The third kappa shape index (κ3) is 4.48. The lowest BCUT2D eigenvalue weighted by Gasteiger charge is -2.47. The highest BCUT2D eigenvalue weighted by Crippen LogP contribution is 2.42. The molecule has 0 N–H and O–H groups in total. The van der Waals surface area contributed by atoms with E-state index in [2.05, 4.69) is 134 Å². The summed E-state index contributed by atoms with van der Waals surface area (Å²) in [6, 6.07) is 25.4. The average molecular weight is 469 g/mol. The summed E-state index contributed by atoms with van der Waals surface area (Å²) in [5.74, 6) is 1.66. The zero-order valence-corrected chi connectivity index (χ0v) is 21.7. The molecule has 2 heterocycles. The minimum Gasteiger partial charge on any atom is -0.457 e. The summed E-state index contributed by atoms with van der Waals surface area (Å²) in [5, 5.41) is 0. The fourth-order valence-corrected chi connectivity index (χ4v) is 4.72. The first-order valence-corrected chi connectivity index (χ1v) is 12.3. The minimum atomic E-state index is -0.0196. The summed E-state index contributed by atoms with van der Waals surface area (Å²) in [7, 11) is 2.18. The Morgan fingerprint density at radius 1 is 0.771 bits per heavy atom. The molecule has 35 heavy (non-hydrogen) atoms. The molecule has 0 atom stereocenters. The van der Waals surface area contributed by atoms with Gasteiger partial charge in [-0.3, -0.25) is 4.90 Å². The molecule has 0 aromatic heterocycles. The van der Waals surface area contributed by atoms with Gasteiger partial charge in [0.25, 0.3) is 0 Å². The van der Waals surface area contributed by atoms with Crippen molar-refractivity contribution < 1.29 is 4.74 Å². The summed E-state index contributed by atoms with van der Waals surface area (Å²) in [6.07, 6.45) is 4.29. The van der Waals surface area contributed by atoms with Gasteiger partial charge in [0.1, 0.15) is 11.5 Å². The van der Waals surface area contributed by atoms with Crippen molar-refractivity contribution in [1.82, 2.24) is 9.80 Å². The molecular weight excluding hydrogens is 432 g/mol. The van der Waals surface area contributed by atoms with Crippen molar-refractivity contribution >= 4 is 17.1 Å². The molecule has 0 aliphatic carbocycles. The molecule has 0 spiro atoms. The normalized spacial score (nSPS) is 17.6. The molecule has 0 unspecified atom stereocenters. The molecule has 0 saturated carbocycles. The number of hydrogen-bond donors (Lipinski definition) is 0. The van der Waals surface area contributed by atoms with Crippen molar-refractivity contribution in [1.29, 1.82) is 0 Å². The fourth-order valence-electron chi connectivity index (χ4n) is 4.72. The highest BCUT2D eigenvalue weighted by molar-refractivity contribution is 5.70. The summed E-state index contributed by atoms with van der Waals surface area (Å²) < 4.78 is 6.36. The van der Waals surface area contributed by atoms with Crippen molar-refractivity contribution in [3.63, 3.8) is 0 Å². The molecule has 182 valence electrons. The van der Waals surface area contributed by atoms with Crippen molar-refractivity contribution in [2.75, 3.05) is 30.2 Å². The summed E-state index contributed by atoms with van der Waals surface area (Å²) in [4.78, 5) is 9.33. The minimum absolute atomic E-state index is 0.0196. The van der Waals surface area contributed by atoms with E-state index in [0.717, 1.165) is 36.2 Å². The van der Waals surface area contributed by atoms with E-state index in [1.165, 1.54) is 11.3 Å². The Balaban J connectivity index is 1.38. The first kappa shape index (κ1) is 23.3. The number of para-hydroxylation sites is 1. The van der Waals surface area contributed by atoms with Crippen LogP contribution in [0.5, 0.6) is 11.5 Å². The number of ether oxygens (including phenoxy) is 1. The third-order valence-corrected chi connectivity index (χ3v) is 7.27. The van der Waals surface area contributed by atoms with Gasteiger partial charge >= 0.3 is 0 Å². The molecule has 5 rings (SSSR count). The Kier molecular flexibility index (Phi) is 5.76. The smallest absolute Gasteiger partial charge is 0.129 e. The summed E-state index contributed by atoms with van der Waals surface area (Å²) in [6.45, 7) is 12.9. The van der Waals surface area contributed by atoms with Gasteiger partial charge in [0.2, 0.25) is 0 Å². The number of anilines is 3. The highest BCUT2D eigenvalue weighted by atomic mass is 16.5. The van der Waals surface area contributed by atoms with Crippen LogP contribution < -0.4 is 14.5 Å². The highest BCUT2D eigenvalue weighted by Gasteiger charge is 2.35. The molecule has 5 heteroatoms. The fraction of sp³-hybridized carbons (Fsp3) is 0.333. The van der Waals surface area contributed by atoms with Gasteiger partial charge in [-0.05, 0) is 77.6 Å². The quantitative estimate of drug-likeness (QED) is 0.406. The first-order chi connectivity index (χ1) is 16.6. The molecule has 5 nitrogen and oxygen atoms in total. The first-order valence-electron chi connectivity index (χ1n) is 12.3. The van der Waals surface area contributed by atoms with Crippen molar-refractivity contribution in [3.8, 4) is 11.5 Å². The molecule has 2 aliphatic rings. The number of nitrogens with zero attached hydrogens (tertiary/aromatic N) is 4. The topological polar surface area (TPSA) is 22.2 Å². The van der Waals surface area contributed by atoms with Crippen molar-refractivity contribution in [2.45, 2.75) is 45.7 Å². The Morgan fingerprint density at radius 2 is 1.43 bits per heavy atom. The lowest BCUT2D eigenvalue weighted by molar-refractivity contribution is 0.150. The number of benzene rings is 3. The van der Waals surface area contributed by atoms with E-state index in [1.807, 2.05) is 12.1 Å². The van der Waals surface area contributed by atoms with Gasteiger partial charge in [0, 0.05) is 52.7 Å². The molecule has 0 radical (unpaired) electrons. The van der Waals surface area contributed by atoms with Gasteiger partial charge in [-0.1, -0.05) is 30.3 Å². The van der Waals surface area contributed by atoms with Crippen molar-refractivity contribution in [3.05, 3.63) is 90.8 Å². The van der Waals surface area contributed by atoms with Crippen LogP contribution in [0.2, 0.25) is 0 Å². The summed E-state index contributed by atoms with van der Waals surface area (Å²) >= 11 is 0. The lowest BCUT2D eigenvalue weighted by Crippen LogP contribution is -2.49. The second-order valence-corrected chi connectivity index (χ2v) is 11.0. The van der Waals surface area contributed by atoms with Gasteiger partial charge in [0.05, 0.1) is 13.3 Å². The number of hydrogen-bond acceptors (Lipinski definition) is 5. The SMILES string of the molecule is CN1CN(c2cccc(Oc3cccc(N4C=CN(C(C)(C)C)C4)c3)c2)c2ccccc2C1(C)C. The molecule has 0 amide bonds. The predicted molar refractivity (Wildman–Crippen MR) is 145 cm³/mol. The van der Waals surface area contributed by atoms with E-state index in [9.17, 15) is 0 Å². The zero-order valence-electron chi connectivity index (χ0n) is 21.7. The summed E-state index contributed by atoms with van der Waals surface area (Å²) in [5.41, 5.74) is 4.90. The lowest BCUT2D eigenvalue weighted by atomic mass is 9.88. The van der Waals surface area contributed by atoms with Crippen LogP contribution in [-0.4, -0.2) is 35.7 Å². The molecule has 3 aromatic carbocycles. The molecule has 0 saturated heterocycles. The number of fused-ring (bicyclic) bond motifs is 1. The van der Waals surface area contributed by atoms with Crippen LogP contribution in [0.25, 0.3) is 0 Å². The standard InChI is InChI=1S/C30H36N4O/c1-29(2,3)33-18-17-32(22-33)23-11-9-13-25(19-23)35-26-14-10-12-24(20-26)34-21-31(6)30(4,5)27-15-7-8-16-28(27)34/h7-20H,21-22H2,1-6H3. The van der Waals surface area contributed by atoms with Gasteiger partial charge in [0.15, 0.2) is 0 Å². The van der Waals surface area contributed by atoms with Crippen LogP contribution in [0.3, 0.4) is 0 Å². The average Bonchev–Trinajstić information content (AvgIpc) is 3.33. The molecule has 0 fully saturated rings. The van der Waals surface area contributed by atoms with E-state index in [4.69, 9.17) is 4.74 Å². The largest absolute Gasteiger partial charge is 0.457 e.